The van der Waals surface area contributed by atoms with Gasteiger partial charge in [0.2, 0.25) is 0 Å². The number of hydrogen-bond donors (Lipinski definition) is 0. The van der Waals surface area contributed by atoms with E-state index in [0.717, 1.165) is 0 Å². The topological polar surface area (TPSA) is 26.3 Å². The van der Waals surface area contributed by atoms with Gasteiger partial charge in [-0.3, -0.25) is 4.79 Å². The second-order valence-corrected chi connectivity index (χ2v) is 4.24. The molecule has 2 aromatic carbocycles. The third kappa shape index (κ3) is 2.76. The van der Waals surface area contributed by atoms with Gasteiger partial charge in [-0.15, -0.1) is 0 Å². The first-order valence-electron chi connectivity index (χ1n) is 5.85. The summed E-state index contributed by atoms with van der Waals surface area (Å²) in [6, 6.07) is 11.0. The third-order valence-corrected chi connectivity index (χ3v) is 3.01. The molecule has 0 aliphatic rings. The molecule has 0 saturated heterocycles. The lowest BCUT2D eigenvalue weighted by Gasteiger charge is -2.10. The number of ether oxygens (including phenoxy) is 1. The monoisotopic (exact) mass is 278 g/mol. The molecule has 0 saturated carbocycles. The number of para-hydroxylation sites is 1. The summed E-state index contributed by atoms with van der Waals surface area (Å²) in [6.45, 7) is 2.28. The predicted octanol–water partition coefficient (Wildman–Crippen LogP) is 4.11. The molecule has 0 amide bonds. The van der Waals surface area contributed by atoms with Crippen LogP contribution in [-0.2, 0) is 0 Å². The van der Waals surface area contributed by atoms with E-state index in [9.17, 15) is 9.18 Å². The Morgan fingerprint density at radius 2 is 1.84 bits per heavy atom. The average molecular weight is 279 g/mol. The van der Waals surface area contributed by atoms with E-state index in [1.165, 1.54) is 18.2 Å². The van der Waals surface area contributed by atoms with E-state index in [1.807, 2.05) is 6.92 Å². The van der Waals surface area contributed by atoms with Crippen molar-refractivity contribution in [2.45, 2.75) is 6.92 Å². The fraction of sp³-hybridized carbons (Fsp3) is 0.133. The molecule has 0 aliphatic heterocycles. The van der Waals surface area contributed by atoms with Crippen molar-refractivity contribution in [1.29, 1.82) is 0 Å². The number of halogens is 2. The van der Waals surface area contributed by atoms with Crippen molar-refractivity contribution in [3.63, 3.8) is 0 Å². The summed E-state index contributed by atoms with van der Waals surface area (Å²) >= 11 is 5.83. The molecule has 98 valence electrons. The van der Waals surface area contributed by atoms with E-state index < -0.39 is 5.82 Å². The smallest absolute Gasteiger partial charge is 0.198 e. The van der Waals surface area contributed by atoms with Crippen molar-refractivity contribution in [2.75, 3.05) is 6.61 Å². The van der Waals surface area contributed by atoms with Crippen molar-refractivity contribution in [1.82, 2.24) is 0 Å². The Kier molecular flexibility index (Phi) is 4.17. The molecule has 0 spiro atoms. The normalized spacial score (nSPS) is 10.3. The van der Waals surface area contributed by atoms with E-state index >= 15 is 0 Å². The van der Waals surface area contributed by atoms with E-state index in [-0.39, 0.29) is 16.4 Å². The summed E-state index contributed by atoms with van der Waals surface area (Å²) in [6.07, 6.45) is 0. The van der Waals surface area contributed by atoms with Crippen LogP contribution in [0.2, 0.25) is 5.02 Å². The van der Waals surface area contributed by atoms with Gasteiger partial charge in [-0.05, 0) is 31.2 Å². The van der Waals surface area contributed by atoms with Crippen molar-refractivity contribution in [2.24, 2.45) is 0 Å². The Morgan fingerprint density at radius 3 is 2.58 bits per heavy atom. The van der Waals surface area contributed by atoms with Gasteiger partial charge >= 0.3 is 0 Å². The van der Waals surface area contributed by atoms with E-state index in [0.29, 0.717) is 17.9 Å². The van der Waals surface area contributed by atoms with Crippen LogP contribution in [0.4, 0.5) is 4.39 Å². The Balaban J connectivity index is 2.47. The molecule has 0 N–H and O–H groups in total. The van der Waals surface area contributed by atoms with Crippen LogP contribution in [0.3, 0.4) is 0 Å². The van der Waals surface area contributed by atoms with E-state index in [4.69, 9.17) is 16.3 Å². The molecule has 0 fully saturated rings. The number of rotatable bonds is 4. The number of carbonyl (C=O) groups excluding carboxylic acids is 1. The quantitative estimate of drug-likeness (QED) is 0.787. The van der Waals surface area contributed by atoms with Gasteiger partial charge in [0.05, 0.1) is 17.2 Å². The first-order chi connectivity index (χ1) is 9.15. The second kappa shape index (κ2) is 5.85. The van der Waals surface area contributed by atoms with Gasteiger partial charge in [0, 0.05) is 5.56 Å². The molecule has 4 heteroatoms. The van der Waals surface area contributed by atoms with Crippen LogP contribution in [-0.4, -0.2) is 12.4 Å². The number of benzene rings is 2. The Hall–Kier alpha value is -1.87. The minimum absolute atomic E-state index is 0.133. The molecule has 2 rings (SSSR count). The summed E-state index contributed by atoms with van der Waals surface area (Å²) in [7, 11) is 0. The first kappa shape index (κ1) is 13.6. The molecular weight excluding hydrogens is 267 g/mol. The van der Waals surface area contributed by atoms with Gasteiger partial charge in [0.1, 0.15) is 11.6 Å². The molecule has 0 bridgehead atoms. The zero-order valence-electron chi connectivity index (χ0n) is 10.3. The lowest BCUT2D eigenvalue weighted by atomic mass is 10.0. The molecule has 0 unspecified atom stereocenters. The first-order valence-corrected chi connectivity index (χ1v) is 6.23. The highest BCUT2D eigenvalue weighted by molar-refractivity contribution is 6.35. The lowest BCUT2D eigenvalue weighted by Crippen LogP contribution is -2.06. The second-order valence-electron chi connectivity index (χ2n) is 3.86. The SMILES string of the molecule is CCOc1ccccc1C(=O)c1cccc(F)c1Cl. The van der Waals surface area contributed by atoms with Gasteiger partial charge < -0.3 is 4.74 Å². The highest BCUT2D eigenvalue weighted by atomic mass is 35.5. The zero-order chi connectivity index (χ0) is 13.8. The Morgan fingerprint density at radius 1 is 1.16 bits per heavy atom. The Labute approximate surface area is 115 Å². The molecule has 0 aliphatic carbocycles. The van der Waals surface area contributed by atoms with Crippen LogP contribution in [0.15, 0.2) is 42.5 Å². The van der Waals surface area contributed by atoms with Gasteiger partial charge in [0.25, 0.3) is 0 Å². The van der Waals surface area contributed by atoms with Crippen molar-refractivity contribution in [3.8, 4) is 5.75 Å². The summed E-state index contributed by atoms with van der Waals surface area (Å²) in [5.41, 5.74) is 0.505. The molecule has 2 nitrogen and oxygen atoms in total. The summed E-state index contributed by atoms with van der Waals surface area (Å²) in [4.78, 5) is 12.4. The van der Waals surface area contributed by atoms with Crippen LogP contribution in [0.25, 0.3) is 0 Å². The zero-order valence-corrected chi connectivity index (χ0v) is 11.1. The largest absolute Gasteiger partial charge is 0.493 e. The number of ketones is 1. The van der Waals surface area contributed by atoms with E-state index in [2.05, 4.69) is 0 Å². The number of carbonyl (C=O) groups is 1. The predicted molar refractivity (Wildman–Crippen MR) is 72.5 cm³/mol. The molecule has 0 radical (unpaired) electrons. The standard InChI is InChI=1S/C15H12ClFO2/c1-2-19-13-9-4-3-6-10(13)15(18)11-7-5-8-12(17)14(11)16/h3-9H,2H2,1H3. The Bertz CT molecular complexity index is 611. The van der Waals surface area contributed by atoms with Crippen molar-refractivity contribution in [3.05, 3.63) is 64.4 Å². The van der Waals surface area contributed by atoms with Gasteiger partial charge in [0.15, 0.2) is 5.78 Å². The van der Waals surface area contributed by atoms with Gasteiger partial charge in [-0.25, -0.2) is 4.39 Å². The molecule has 0 atom stereocenters. The number of hydrogen-bond acceptors (Lipinski definition) is 2. The maximum absolute atomic E-state index is 13.4. The summed E-state index contributed by atoms with van der Waals surface area (Å²) in [5, 5.41) is -0.168. The van der Waals surface area contributed by atoms with Crippen LogP contribution in [0, 0.1) is 5.82 Å². The van der Waals surface area contributed by atoms with Crippen molar-refractivity contribution < 1.29 is 13.9 Å². The maximum atomic E-state index is 13.4. The summed E-state index contributed by atoms with van der Waals surface area (Å²) in [5.74, 6) is -0.495. The highest BCUT2D eigenvalue weighted by Gasteiger charge is 2.18. The lowest BCUT2D eigenvalue weighted by molar-refractivity contribution is 0.103. The van der Waals surface area contributed by atoms with Crippen LogP contribution >= 0.6 is 11.6 Å². The van der Waals surface area contributed by atoms with Crippen LogP contribution < -0.4 is 4.74 Å². The van der Waals surface area contributed by atoms with Crippen molar-refractivity contribution >= 4 is 17.4 Å². The van der Waals surface area contributed by atoms with Gasteiger partial charge in [-0.1, -0.05) is 29.8 Å². The minimum atomic E-state index is -0.610. The molecule has 0 aromatic heterocycles. The highest BCUT2D eigenvalue weighted by Crippen LogP contribution is 2.26. The molecule has 19 heavy (non-hydrogen) atoms. The van der Waals surface area contributed by atoms with Gasteiger partial charge in [-0.2, -0.15) is 0 Å². The van der Waals surface area contributed by atoms with Crippen LogP contribution in [0.5, 0.6) is 5.75 Å². The minimum Gasteiger partial charge on any atom is -0.493 e. The molecular formula is C15H12ClFO2. The maximum Gasteiger partial charge on any atom is 0.198 e. The average Bonchev–Trinajstić information content (AvgIpc) is 2.42. The molecule has 2 aromatic rings. The molecule has 0 heterocycles. The fourth-order valence-corrected chi connectivity index (χ4v) is 1.97. The fourth-order valence-electron chi connectivity index (χ4n) is 1.76. The van der Waals surface area contributed by atoms with Crippen LogP contribution in [0.1, 0.15) is 22.8 Å². The summed E-state index contributed by atoms with van der Waals surface area (Å²) < 4.78 is 18.8. The van der Waals surface area contributed by atoms with E-state index in [1.54, 1.807) is 24.3 Å². The third-order valence-electron chi connectivity index (χ3n) is 2.63.